The number of carbonyl (C=O) groups excluding carboxylic acids is 1. The predicted molar refractivity (Wildman–Crippen MR) is 109 cm³/mol. The number of likely N-dealkylation sites (tertiary alicyclic amines) is 1. The van der Waals surface area contributed by atoms with Crippen LogP contribution in [0.3, 0.4) is 0 Å². The lowest BCUT2D eigenvalue weighted by Crippen LogP contribution is -2.48. The van der Waals surface area contributed by atoms with Gasteiger partial charge in [0.25, 0.3) is 0 Å². The lowest BCUT2D eigenvalue weighted by molar-refractivity contribution is -0.116. The van der Waals surface area contributed by atoms with Crippen LogP contribution in [-0.2, 0) is 24.3 Å². The van der Waals surface area contributed by atoms with E-state index in [2.05, 4.69) is 16.3 Å². The van der Waals surface area contributed by atoms with Gasteiger partial charge in [0.05, 0.1) is 0 Å². The van der Waals surface area contributed by atoms with E-state index in [0.29, 0.717) is 37.4 Å². The summed E-state index contributed by atoms with van der Waals surface area (Å²) >= 11 is 0. The Kier molecular flexibility index (Phi) is 5.56. The molecular weight excluding hydrogens is 368 g/mol. The minimum absolute atomic E-state index is 0.0273. The fourth-order valence-electron chi connectivity index (χ4n) is 4.12. The highest BCUT2D eigenvalue weighted by atomic mass is 16.5. The Morgan fingerprint density at radius 3 is 2.93 bits per heavy atom. The molecule has 2 aromatic rings. The van der Waals surface area contributed by atoms with Crippen LogP contribution in [0.5, 0.6) is 5.75 Å². The number of hydrogen-bond donors (Lipinski definition) is 2. The molecule has 152 valence electrons. The third-order valence-electron chi connectivity index (χ3n) is 5.68. The van der Waals surface area contributed by atoms with Crippen LogP contribution in [0.1, 0.15) is 36.6 Å². The number of carbonyl (C=O) groups is 1. The van der Waals surface area contributed by atoms with Crippen molar-refractivity contribution >= 4 is 11.6 Å². The molecule has 0 saturated carbocycles. The van der Waals surface area contributed by atoms with Gasteiger partial charge in [-0.25, -0.2) is 0 Å². The van der Waals surface area contributed by atoms with Crippen molar-refractivity contribution in [2.45, 2.75) is 51.5 Å². The standard InChI is InChI=1S/C22H26N4O3/c1-2-26-13-15(9-17(26)11-23)12-25-8-7-21(20(27)14-25)29-18-5-3-16-4-6-22(28)24-19(16)10-18/h3,5,9-10,13,20-21,27H,2,4,6-8,12,14H2,1H3,(H,24,28)/t20-,21-/m1/s1. The summed E-state index contributed by atoms with van der Waals surface area (Å²) < 4.78 is 7.99. The van der Waals surface area contributed by atoms with Gasteiger partial charge in [-0.2, -0.15) is 5.26 Å². The number of amides is 1. The van der Waals surface area contributed by atoms with Crippen LogP contribution in [0, 0.1) is 11.3 Å². The number of nitriles is 1. The zero-order valence-corrected chi connectivity index (χ0v) is 16.6. The van der Waals surface area contributed by atoms with Gasteiger partial charge in [0.1, 0.15) is 29.7 Å². The van der Waals surface area contributed by atoms with E-state index in [4.69, 9.17) is 4.74 Å². The van der Waals surface area contributed by atoms with E-state index in [1.807, 2.05) is 42.0 Å². The van der Waals surface area contributed by atoms with E-state index in [0.717, 1.165) is 36.3 Å². The van der Waals surface area contributed by atoms with Gasteiger partial charge in [0, 0.05) is 50.6 Å². The van der Waals surface area contributed by atoms with Crippen molar-refractivity contribution in [1.82, 2.24) is 9.47 Å². The molecule has 0 unspecified atom stereocenters. The molecule has 29 heavy (non-hydrogen) atoms. The van der Waals surface area contributed by atoms with E-state index in [9.17, 15) is 15.2 Å². The van der Waals surface area contributed by atoms with Gasteiger partial charge in [0.15, 0.2) is 0 Å². The Labute approximate surface area is 170 Å². The highest BCUT2D eigenvalue weighted by molar-refractivity contribution is 5.94. The first-order valence-corrected chi connectivity index (χ1v) is 10.1. The molecule has 0 spiro atoms. The normalized spacial score (nSPS) is 21.9. The molecule has 0 aliphatic carbocycles. The SMILES string of the molecule is CCn1cc(CN2CC[C@@H](Oc3ccc4c(c3)NC(=O)CC4)[C@H](O)C2)cc1C#N. The van der Waals surface area contributed by atoms with Crippen molar-refractivity contribution in [3.63, 3.8) is 0 Å². The minimum atomic E-state index is -0.599. The number of piperidine rings is 1. The number of hydrogen-bond acceptors (Lipinski definition) is 5. The maximum absolute atomic E-state index is 11.6. The van der Waals surface area contributed by atoms with Crippen molar-refractivity contribution in [3.8, 4) is 11.8 Å². The van der Waals surface area contributed by atoms with Gasteiger partial charge in [-0.1, -0.05) is 6.07 Å². The van der Waals surface area contributed by atoms with E-state index in [1.165, 1.54) is 0 Å². The number of aromatic nitrogens is 1. The highest BCUT2D eigenvalue weighted by Crippen LogP contribution is 2.29. The van der Waals surface area contributed by atoms with Gasteiger partial charge in [-0.3, -0.25) is 9.69 Å². The molecule has 2 N–H and O–H groups in total. The van der Waals surface area contributed by atoms with Crippen LogP contribution in [0.15, 0.2) is 30.5 Å². The maximum Gasteiger partial charge on any atom is 0.224 e. The zero-order chi connectivity index (χ0) is 20.4. The monoisotopic (exact) mass is 394 g/mol. The molecule has 2 atom stereocenters. The summed E-state index contributed by atoms with van der Waals surface area (Å²) in [6, 6.07) is 9.88. The molecule has 3 heterocycles. The molecule has 4 rings (SSSR count). The van der Waals surface area contributed by atoms with Crippen molar-refractivity contribution < 1.29 is 14.6 Å². The summed E-state index contributed by atoms with van der Waals surface area (Å²) in [6.45, 7) is 4.82. The summed E-state index contributed by atoms with van der Waals surface area (Å²) in [6.07, 6.45) is 3.10. The molecule has 1 aromatic carbocycles. The number of aryl methyl sites for hydroxylation is 2. The highest BCUT2D eigenvalue weighted by Gasteiger charge is 2.30. The van der Waals surface area contributed by atoms with E-state index in [1.54, 1.807) is 0 Å². The molecule has 0 bridgehead atoms. The molecule has 1 fully saturated rings. The summed E-state index contributed by atoms with van der Waals surface area (Å²) in [7, 11) is 0. The minimum Gasteiger partial charge on any atom is -0.488 e. The van der Waals surface area contributed by atoms with Crippen molar-refractivity contribution in [2.24, 2.45) is 0 Å². The summed E-state index contributed by atoms with van der Waals surface area (Å²) in [4.78, 5) is 13.8. The number of rotatable bonds is 5. The Balaban J connectivity index is 1.36. The second-order valence-corrected chi connectivity index (χ2v) is 7.75. The number of β-amino-alcohol motifs (C(OH)–C–C–N with tert-alkyl or cyclic N) is 1. The number of anilines is 1. The summed E-state index contributed by atoms with van der Waals surface area (Å²) in [5.41, 5.74) is 3.67. The molecule has 1 saturated heterocycles. The van der Waals surface area contributed by atoms with Gasteiger partial charge in [0.2, 0.25) is 5.91 Å². The Bertz CT molecular complexity index is 946. The van der Waals surface area contributed by atoms with E-state index >= 15 is 0 Å². The molecule has 7 nitrogen and oxygen atoms in total. The predicted octanol–water partition coefficient (Wildman–Crippen LogP) is 2.28. The Hall–Kier alpha value is -2.82. The second-order valence-electron chi connectivity index (χ2n) is 7.75. The van der Waals surface area contributed by atoms with Gasteiger partial charge in [-0.05, 0) is 43.0 Å². The fourth-order valence-corrected chi connectivity index (χ4v) is 4.12. The summed E-state index contributed by atoms with van der Waals surface area (Å²) in [5.74, 6) is 0.696. The molecule has 7 heteroatoms. The Morgan fingerprint density at radius 1 is 1.34 bits per heavy atom. The van der Waals surface area contributed by atoms with Crippen molar-refractivity contribution in [1.29, 1.82) is 5.26 Å². The maximum atomic E-state index is 11.6. The topological polar surface area (TPSA) is 90.5 Å². The van der Waals surface area contributed by atoms with Crippen molar-refractivity contribution in [3.05, 3.63) is 47.3 Å². The third kappa shape index (κ3) is 4.29. The fraction of sp³-hybridized carbons (Fsp3) is 0.455. The second kappa shape index (κ2) is 8.27. The van der Waals surface area contributed by atoms with Crippen LogP contribution >= 0.6 is 0 Å². The molecule has 2 aliphatic heterocycles. The molecule has 1 amide bonds. The zero-order valence-electron chi connectivity index (χ0n) is 16.6. The van der Waals surface area contributed by atoms with Crippen LogP contribution in [0.25, 0.3) is 0 Å². The number of nitrogens with zero attached hydrogens (tertiary/aromatic N) is 3. The quantitative estimate of drug-likeness (QED) is 0.812. The van der Waals surface area contributed by atoms with Gasteiger partial charge >= 0.3 is 0 Å². The molecule has 2 aliphatic rings. The first kappa shape index (κ1) is 19.5. The number of aliphatic hydroxyl groups excluding tert-OH is 1. The van der Waals surface area contributed by atoms with E-state index < -0.39 is 6.10 Å². The third-order valence-corrected chi connectivity index (χ3v) is 5.68. The number of ether oxygens (including phenoxy) is 1. The lowest BCUT2D eigenvalue weighted by atomic mass is 10.0. The molecule has 1 aromatic heterocycles. The van der Waals surface area contributed by atoms with Gasteiger partial charge < -0.3 is 19.7 Å². The molecule has 0 radical (unpaired) electrons. The van der Waals surface area contributed by atoms with E-state index in [-0.39, 0.29) is 12.0 Å². The smallest absolute Gasteiger partial charge is 0.224 e. The van der Waals surface area contributed by atoms with Crippen LogP contribution in [-0.4, -0.2) is 45.8 Å². The average Bonchev–Trinajstić information content (AvgIpc) is 3.11. The molecular formula is C22H26N4O3. The Morgan fingerprint density at radius 2 is 2.21 bits per heavy atom. The largest absolute Gasteiger partial charge is 0.488 e. The van der Waals surface area contributed by atoms with Gasteiger partial charge in [-0.15, -0.1) is 0 Å². The first-order valence-electron chi connectivity index (χ1n) is 10.1. The average molecular weight is 394 g/mol. The number of benzene rings is 1. The number of fused-ring (bicyclic) bond motifs is 1. The number of nitrogens with one attached hydrogen (secondary N) is 1. The summed E-state index contributed by atoms with van der Waals surface area (Å²) in [5, 5.41) is 22.7. The number of aliphatic hydroxyl groups is 1. The van der Waals surface area contributed by atoms with Crippen LogP contribution < -0.4 is 10.1 Å². The lowest BCUT2D eigenvalue weighted by Gasteiger charge is -2.36. The van der Waals surface area contributed by atoms with Crippen molar-refractivity contribution in [2.75, 3.05) is 18.4 Å². The first-order chi connectivity index (χ1) is 14.1. The van der Waals surface area contributed by atoms with Crippen LogP contribution in [0.2, 0.25) is 0 Å². The van der Waals surface area contributed by atoms with Crippen LogP contribution in [0.4, 0.5) is 5.69 Å².